The number of rotatable bonds is 3. The Balaban J connectivity index is 0.00000144. The highest BCUT2D eigenvalue weighted by Crippen LogP contribution is 2.06. The van der Waals surface area contributed by atoms with E-state index in [0.717, 1.165) is 19.5 Å². The number of ether oxygens (including phenoxy) is 1. The van der Waals surface area contributed by atoms with E-state index < -0.39 is 0 Å². The average Bonchev–Trinajstić information content (AvgIpc) is 2.53. The molecule has 1 rings (SSSR count). The summed E-state index contributed by atoms with van der Waals surface area (Å²) in [7, 11) is 0. The Kier molecular flexibility index (Phi) is 6.63. The fourth-order valence-electron chi connectivity index (χ4n) is 1.21. The maximum absolute atomic E-state index is 10.9. The van der Waals surface area contributed by atoms with Crippen molar-refractivity contribution in [3.05, 3.63) is 11.6 Å². The number of hydrogen-bond donors (Lipinski definition) is 1. The van der Waals surface area contributed by atoms with E-state index in [9.17, 15) is 4.79 Å². The molecule has 3 nitrogen and oxygen atoms in total. The van der Waals surface area contributed by atoms with Crippen LogP contribution in [0.15, 0.2) is 11.6 Å². The normalized spacial score (nSPS) is 18.4. The van der Waals surface area contributed by atoms with Gasteiger partial charge in [0.2, 0.25) is 0 Å². The van der Waals surface area contributed by atoms with Gasteiger partial charge in [0.1, 0.15) is 0 Å². The molecule has 0 spiro atoms. The van der Waals surface area contributed by atoms with Crippen molar-refractivity contribution in [1.29, 1.82) is 0 Å². The van der Waals surface area contributed by atoms with Gasteiger partial charge in [-0.2, -0.15) is 0 Å². The zero-order valence-electron chi connectivity index (χ0n) is 7.84. The Morgan fingerprint density at radius 3 is 3.00 bits per heavy atom. The van der Waals surface area contributed by atoms with Crippen LogP contribution in [0.5, 0.6) is 0 Å². The van der Waals surface area contributed by atoms with E-state index in [1.54, 1.807) is 0 Å². The van der Waals surface area contributed by atoms with Crippen molar-refractivity contribution in [2.45, 2.75) is 19.8 Å². The monoisotopic (exact) mass is 205 g/mol. The molecule has 1 N–H and O–H groups in total. The van der Waals surface area contributed by atoms with E-state index in [0.29, 0.717) is 13.0 Å². The molecule has 76 valence electrons. The summed E-state index contributed by atoms with van der Waals surface area (Å²) in [5.41, 5.74) is 1.32. The van der Waals surface area contributed by atoms with Crippen LogP contribution in [-0.4, -0.2) is 25.7 Å². The van der Waals surface area contributed by atoms with Gasteiger partial charge in [0.15, 0.2) is 0 Å². The zero-order valence-corrected chi connectivity index (χ0v) is 8.65. The summed E-state index contributed by atoms with van der Waals surface area (Å²) < 4.78 is 4.80. The van der Waals surface area contributed by atoms with Crippen LogP contribution in [0.1, 0.15) is 19.8 Å². The topological polar surface area (TPSA) is 38.3 Å². The minimum absolute atomic E-state index is 0. The molecule has 1 aliphatic heterocycles. The number of carbonyl (C=O) groups excluding carboxylic acids is 1. The Bertz CT molecular complexity index is 184. The summed E-state index contributed by atoms with van der Waals surface area (Å²) in [6.07, 6.45) is 3.46. The maximum Gasteiger partial charge on any atom is 0.309 e. The van der Waals surface area contributed by atoms with Gasteiger partial charge in [-0.3, -0.25) is 4.79 Å². The molecule has 0 aromatic heterocycles. The van der Waals surface area contributed by atoms with Crippen LogP contribution >= 0.6 is 12.4 Å². The van der Waals surface area contributed by atoms with Gasteiger partial charge in [-0.1, -0.05) is 11.6 Å². The van der Waals surface area contributed by atoms with E-state index in [4.69, 9.17) is 4.74 Å². The van der Waals surface area contributed by atoms with Gasteiger partial charge in [0, 0.05) is 6.54 Å². The minimum Gasteiger partial charge on any atom is -0.466 e. The molecule has 0 radical (unpaired) electrons. The first-order valence-electron chi connectivity index (χ1n) is 4.37. The lowest BCUT2D eigenvalue weighted by molar-refractivity contribution is -0.142. The fourth-order valence-corrected chi connectivity index (χ4v) is 1.21. The second-order valence-corrected chi connectivity index (χ2v) is 2.80. The highest BCUT2D eigenvalue weighted by molar-refractivity contribution is 5.85. The van der Waals surface area contributed by atoms with Crippen molar-refractivity contribution in [3.63, 3.8) is 0 Å². The Labute approximate surface area is 84.9 Å². The summed E-state index contributed by atoms with van der Waals surface area (Å²) >= 11 is 0. The minimum atomic E-state index is -0.128. The third-order valence-electron chi connectivity index (χ3n) is 1.84. The van der Waals surface area contributed by atoms with E-state index in [1.165, 1.54) is 5.57 Å². The molecule has 1 fully saturated rings. The summed E-state index contributed by atoms with van der Waals surface area (Å²) in [5, 5.41) is 3.21. The highest BCUT2D eigenvalue weighted by Gasteiger charge is 2.06. The second kappa shape index (κ2) is 6.92. The predicted octanol–water partition coefficient (Wildman–Crippen LogP) is 1.28. The van der Waals surface area contributed by atoms with Crippen molar-refractivity contribution in [1.82, 2.24) is 5.32 Å². The fraction of sp³-hybridized carbons (Fsp3) is 0.667. The lowest BCUT2D eigenvalue weighted by atomic mass is 10.2. The molecule has 13 heavy (non-hydrogen) atoms. The Hall–Kier alpha value is -0.540. The number of esters is 1. The van der Waals surface area contributed by atoms with E-state index >= 15 is 0 Å². The van der Waals surface area contributed by atoms with Gasteiger partial charge < -0.3 is 10.1 Å². The summed E-state index contributed by atoms with van der Waals surface area (Å²) in [6.45, 7) is 4.26. The van der Waals surface area contributed by atoms with Crippen molar-refractivity contribution < 1.29 is 9.53 Å². The lowest BCUT2D eigenvalue weighted by Gasteiger charge is -1.98. The lowest BCUT2D eigenvalue weighted by Crippen LogP contribution is -2.05. The molecular formula is C9H16ClNO2. The van der Waals surface area contributed by atoms with Gasteiger partial charge in [-0.05, 0) is 19.9 Å². The molecule has 0 saturated carbocycles. The average molecular weight is 206 g/mol. The number of nitrogens with one attached hydrogen (secondary N) is 1. The Morgan fingerprint density at radius 2 is 2.46 bits per heavy atom. The van der Waals surface area contributed by atoms with Crippen LogP contribution in [0.4, 0.5) is 0 Å². The smallest absolute Gasteiger partial charge is 0.309 e. The van der Waals surface area contributed by atoms with Gasteiger partial charge >= 0.3 is 5.97 Å². The highest BCUT2D eigenvalue weighted by atomic mass is 35.5. The largest absolute Gasteiger partial charge is 0.466 e. The zero-order chi connectivity index (χ0) is 8.81. The van der Waals surface area contributed by atoms with Gasteiger partial charge in [-0.15, -0.1) is 12.4 Å². The first kappa shape index (κ1) is 12.5. The van der Waals surface area contributed by atoms with Crippen LogP contribution in [-0.2, 0) is 9.53 Å². The van der Waals surface area contributed by atoms with Crippen LogP contribution in [0.3, 0.4) is 0 Å². The van der Waals surface area contributed by atoms with Crippen LogP contribution in [0.2, 0.25) is 0 Å². The molecule has 4 heteroatoms. The molecule has 0 aromatic carbocycles. The van der Waals surface area contributed by atoms with Crippen LogP contribution < -0.4 is 5.32 Å². The molecule has 0 unspecified atom stereocenters. The predicted molar refractivity (Wildman–Crippen MR) is 54.1 cm³/mol. The number of halogens is 1. The first-order chi connectivity index (χ1) is 5.83. The van der Waals surface area contributed by atoms with Gasteiger partial charge in [0.05, 0.1) is 13.0 Å². The van der Waals surface area contributed by atoms with Crippen molar-refractivity contribution in [3.8, 4) is 0 Å². The summed E-state index contributed by atoms with van der Waals surface area (Å²) in [5.74, 6) is -0.128. The summed E-state index contributed by atoms with van der Waals surface area (Å²) in [4.78, 5) is 10.9. The molecule has 1 heterocycles. The van der Waals surface area contributed by atoms with Gasteiger partial charge in [-0.25, -0.2) is 0 Å². The molecule has 0 amide bonds. The van der Waals surface area contributed by atoms with E-state index in [2.05, 4.69) is 5.32 Å². The maximum atomic E-state index is 10.9. The van der Waals surface area contributed by atoms with Crippen LogP contribution in [0, 0.1) is 0 Å². The molecule has 1 aliphatic rings. The molecular weight excluding hydrogens is 190 g/mol. The first-order valence-corrected chi connectivity index (χ1v) is 4.37. The molecule has 1 saturated heterocycles. The van der Waals surface area contributed by atoms with Crippen molar-refractivity contribution >= 4 is 18.4 Å². The number of hydrogen-bond acceptors (Lipinski definition) is 3. The molecule has 0 aliphatic carbocycles. The van der Waals surface area contributed by atoms with Crippen molar-refractivity contribution in [2.24, 2.45) is 0 Å². The molecule has 0 aromatic rings. The summed E-state index contributed by atoms with van der Waals surface area (Å²) in [6, 6.07) is 0. The third-order valence-corrected chi connectivity index (χ3v) is 1.84. The molecule has 0 bridgehead atoms. The van der Waals surface area contributed by atoms with Crippen molar-refractivity contribution in [2.75, 3.05) is 19.7 Å². The quantitative estimate of drug-likeness (QED) is 0.557. The SMILES string of the molecule is CCOC(=O)C/C=C1\CCNC1.Cl. The van der Waals surface area contributed by atoms with Crippen LogP contribution in [0.25, 0.3) is 0 Å². The molecule has 0 atom stereocenters. The standard InChI is InChI=1S/C9H15NO2.ClH/c1-2-12-9(11)4-3-8-5-6-10-7-8;/h3,10H,2,4-7H2,1H3;1H/b8-3+;. The van der Waals surface area contributed by atoms with E-state index in [1.807, 2.05) is 13.0 Å². The number of carbonyl (C=O) groups is 1. The Morgan fingerprint density at radius 1 is 1.69 bits per heavy atom. The van der Waals surface area contributed by atoms with E-state index in [-0.39, 0.29) is 18.4 Å². The third kappa shape index (κ3) is 4.90. The van der Waals surface area contributed by atoms with Gasteiger partial charge in [0.25, 0.3) is 0 Å². The second-order valence-electron chi connectivity index (χ2n) is 2.80.